The van der Waals surface area contributed by atoms with Crippen LogP contribution in [0.5, 0.6) is 5.75 Å². The summed E-state index contributed by atoms with van der Waals surface area (Å²) in [6.45, 7) is 0. The maximum atomic E-state index is 11.8. The molecule has 0 bridgehead atoms. The van der Waals surface area contributed by atoms with E-state index >= 15 is 0 Å². The molecule has 0 aliphatic heterocycles. The van der Waals surface area contributed by atoms with Gasteiger partial charge >= 0.3 is 6.03 Å². The maximum Gasteiger partial charge on any atom is 0.323 e. The van der Waals surface area contributed by atoms with Crippen molar-refractivity contribution in [3.63, 3.8) is 0 Å². The number of pyridine rings is 1. The molecule has 0 saturated heterocycles. The summed E-state index contributed by atoms with van der Waals surface area (Å²) in [7, 11) is 1.52. The molecule has 0 aliphatic rings. The van der Waals surface area contributed by atoms with Crippen molar-refractivity contribution in [2.24, 2.45) is 0 Å². The van der Waals surface area contributed by atoms with E-state index in [1.807, 2.05) is 0 Å². The summed E-state index contributed by atoms with van der Waals surface area (Å²) in [4.78, 5) is 15.7. The Hall–Kier alpha value is -1.98. The largest absolute Gasteiger partial charge is 0.497 e. The van der Waals surface area contributed by atoms with Crippen LogP contribution in [0.4, 0.5) is 16.2 Å². The molecule has 20 heavy (non-hydrogen) atoms. The molecule has 0 atom stereocenters. The number of halogens is 2. The minimum Gasteiger partial charge on any atom is -0.497 e. The molecule has 0 aliphatic carbocycles. The first-order valence-corrected chi connectivity index (χ1v) is 6.36. The number of aromatic nitrogens is 1. The summed E-state index contributed by atoms with van der Waals surface area (Å²) in [5.41, 5.74) is 1.06. The van der Waals surface area contributed by atoms with Gasteiger partial charge in [-0.05, 0) is 24.3 Å². The van der Waals surface area contributed by atoms with E-state index in [0.717, 1.165) is 0 Å². The Labute approximate surface area is 125 Å². The standard InChI is InChI=1S/C13H11Cl2N3O2/c1-20-11-5-8(14)4-10(6-11)18-13(19)17-9-2-3-16-12(15)7-9/h2-7H,1H3,(H2,16,17,18,19). The monoisotopic (exact) mass is 311 g/mol. The van der Waals surface area contributed by atoms with Crippen LogP contribution in [0.1, 0.15) is 0 Å². The van der Waals surface area contributed by atoms with Crippen LogP contribution in [-0.2, 0) is 0 Å². The van der Waals surface area contributed by atoms with Gasteiger partial charge in [0.2, 0.25) is 0 Å². The van der Waals surface area contributed by atoms with Crippen molar-refractivity contribution in [2.75, 3.05) is 17.7 Å². The lowest BCUT2D eigenvalue weighted by Gasteiger charge is -2.09. The zero-order chi connectivity index (χ0) is 14.5. The average Bonchev–Trinajstić information content (AvgIpc) is 2.37. The first-order valence-electron chi connectivity index (χ1n) is 5.61. The molecule has 1 aromatic heterocycles. The predicted octanol–water partition coefficient (Wildman–Crippen LogP) is 4.04. The third kappa shape index (κ3) is 4.01. The smallest absolute Gasteiger partial charge is 0.323 e. The van der Waals surface area contributed by atoms with Gasteiger partial charge in [-0.1, -0.05) is 23.2 Å². The van der Waals surface area contributed by atoms with E-state index < -0.39 is 6.03 Å². The van der Waals surface area contributed by atoms with E-state index in [2.05, 4.69) is 15.6 Å². The first kappa shape index (κ1) is 14.4. The summed E-state index contributed by atoms with van der Waals surface area (Å²) < 4.78 is 5.07. The number of nitrogens with zero attached hydrogens (tertiary/aromatic N) is 1. The van der Waals surface area contributed by atoms with Crippen molar-refractivity contribution in [1.29, 1.82) is 0 Å². The summed E-state index contributed by atoms with van der Waals surface area (Å²) in [5.74, 6) is 0.555. The number of rotatable bonds is 3. The van der Waals surface area contributed by atoms with Crippen molar-refractivity contribution in [2.45, 2.75) is 0 Å². The number of carbonyl (C=O) groups excluding carboxylic acids is 1. The van der Waals surface area contributed by atoms with Crippen molar-refractivity contribution < 1.29 is 9.53 Å². The molecule has 2 amide bonds. The highest BCUT2D eigenvalue weighted by atomic mass is 35.5. The van der Waals surface area contributed by atoms with E-state index in [1.165, 1.54) is 13.3 Å². The van der Waals surface area contributed by atoms with Crippen LogP contribution in [0.2, 0.25) is 10.2 Å². The molecule has 7 heteroatoms. The second-order valence-corrected chi connectivity index (χ2v) is 4.65. The quantitative estimate of drug-likeness (QED) is 0.841. The summed E-state index contributed by atoms with van der Waals surface area (Å²) in [5, 5.41) is 6.04. The summed E-state index contributed by atoms with van der Waals surface area (Å²) >= 11 is 11.6. The van der Waals surface area contributed by atoms with Gasteiger partial charge in [0.25, 0.3) is 0 Å². The lowest BCUT2D eigenvalue weighted by Crippen LogP contribution is -2.19. The molecule has 1 aromatic carbocycles. The van der Waals surface area contributed by atoms with Crippen LogP contribution in [0, 0.1) is 0 Å². The Kier molecular flexibility index (Phi) is 4.65. The molecule has 5 nitrogen and oxygen atoms in total. The van der Waals surface area contributed by atoms with Crippen LogP contribution < -0.4 is 15.4 Å². The minimum atomic E-state index is -0.420. The second kappa shape index (κ2) is 6.45. The second-order valence-electron chi connectivity index (χ2n) is 3.83. The normalized spacial score (nSPS) is 9.95. The zero-order valence-electron chi connectivity index (χ0n) is 10.5. The summed E-state index contributed by atoms with van der Waals surface area (Å²) in [6.07, 6.45) is 1.50. The van der Waals surface area contributed by atoms with E-state index in [0.29, 0.717) is 27.3 Å². The fourth-order valence-electron chi connectivity index (χ4n) is 1.53. The molecule has 2 rings (SSSR count). The summed E-state index contributed by atoms with van der Waals surface area (Å²) in [6, 6.07) is 7.67. The first-order chi connectivity index (χ1) is 9.56. The predicted molar refractivity (Wildman–Crippen MR) is 79.9 cm³/mol. The third-order valence-electron chi connectivity index (χ3n) is 2.35. The van der Waals surface area contributed by atoms with Gasteiger partial charge in [0.1, 0.15) is 10.9 Å². The van der Waals surface area contributed by atoms with E-state index in [9.17, 15) is 4.79 Å². The number of hydrogen-bond donors (Lipinski definition) is 2. The number of carbonyl (C=O) groups is 1. The Morgan fingerprint density at radius 1 is 1.15 bits per heavy atom. The molecule has 0 fully saturated rings. The average molecular weight is 312 g/mol. The Balaban J connectivity index is 2.06. The molecule has 0 spiro atoms. The van der Waals surface area contributed by atoms with Crippen LogP contribution in [-0.4, -0.2) is 18.1 Å². The van der Waals surface area contributed by atoms with Crippen LogP contribution in [0.15, 0.2) is 36.5 Å². The molecule has 2 aromatic rings. The SMILES string of the molecule is COc1cc(Cl)cc(NC(=O)Nc2ccnc(Cl)c2)c1. The van der Waals surface area contributed by atoms with Crippen molar-refractivity contribution in [3.8, 4) is 5.75 Å². The topological polar surface area (TPSA) is 63.2 Å². The molecule has 2 N–H and O–H groups in total. The number of ether oxygens (including phenoxy) is 1. The number of amides is 2. The number of anilines is 2. The third-order valence-corrected chi connectivity index (χ3v) is 2.77. The number of urea groups is 1. The number of methoxy groups -OCH3 is 1. The van der Waals surface area contributed by atoms with Crippen LogP contribution in [0.3, 0.4) is 0 Å². The van der Waals surface area contributed by atoms with Gasteiger partial charge < -0.3 is 15.4 Å². The van der Waals surface area contributed by atoms with Crippen molar-refractivity contribution in [1.82, 2.24) is 4.98 Å². The number of benzene rings is 1. The van der Waals surface area contributed by atoms with Gasteiger partial charge in [-0.2, -0.15) is 0 Å². The molecule has 0 radical (unpaired) electrons. The lowest BCUT2D eigenvalue weighted by molar-refractivity contribution is 0.262. The molecule has 0 unspecified atom stereocenters. The zero-order valence-corrected chi connectivity index (χ0v) is 12.0. The van der Waals surface area contributed by atoms with E-state index in [-0.39, 0.29) is 0 Å². The van der Waals surface area contributed by atoms with Gasteiger partial charge in [0.05, 0.1) is 7.11 Å². The number of nitrogens with one attached hydrogen (secondary N) is 2. The van der Waals surface area contributed by atoms with E-state index in [4.69, 9.17) is 27.9 Å². The highest BCUT2D eigenvalue weighted by Crippen LogP contribution is 2.24. The van der Waals surface area contributed by atoms with Gasteiger partial charge in [-0.3, -0.25) is 0 Å². The van der Waals surface area contributed by atoms with E-state index in [1.54, 1.807) is 30.3 Å². The highest BCUT2D eigenvalue weighted by Gasteiger charge is 2.06. The maximum absolute atomic E-state index is 11.8. The van der Waals surface area contributed by atoms with Crippen LogP contribution in [0.25, 0.3) is 0 Å². The van der Waals surface area contributed by atoms with Gasteiger partial charge in [0.15, 0.2) is 0 Å². The van der Waals surface area contributed by atoms with Gasteiger partial charge in [-0.15, -0.1) is 0 Å². The van der Waals surface area contributed by atoms with Gasteiger partial charge in [-0.25, -0.2) is 9.78 Å². The fourth-order valence-corrected chi connectivity index (χ4v) is 1.93. The Morgan fingerprint density at radius 2 is 1.90 bits per heavy atom. The van der Waals surface area contributed by atoms with Crippen molar-refractivity contribution >= 4 is 40.6 Å². The molecular weight excluding hydrogens is 301 g/mol. The molecule has 104 valence electrons. The fraction of sp³-hybridized carbons (Fsp3) is 0.0769. The van der Waals surface area contributed by atoms with Gasteiger partial charge in [0, 0.05) is 28.7 Å². The lowest BCUT2D eigenvalue weighted by atomic mass is 10.3. The molecule has 1 heterocycles. The highest BCUT2D eigenvalue weighted by molar-refractivity contribution is 6.31. The molecular formula is C13H11Cl2N3O2. The Bertz CT molecular complexity index is 635. The minimum absolute atomic E-state index is 0.298. The van der Waals surface area contributed by atoms with Crippen molar-refractivity contribution in [3.05, 3.63) is 46.7 Å². The number of hydrogen-bond acceptors (Lipinski definition) is 3. The molecule has 0 saturated carbocycles. The Morgan fingerprint density at radius 3 is 2.60 bits per heavy atom. The van der Waals surface area contributed by atoms with Crippen LogP contribution >= 0.6 is 23.2 Å².